The van der Waals surface area contributed by atoms with Crippen molar-refractivity contribution in [3.05, 3.63) is 0 Å². The molecule has 0 aromatic carbocycles. The van der Waals surface area contributed by atoms with Crippen molar-refractivity contribution in [2.75, 3.05) is 33.4 Å². The second kappa shape index (κ2) is 10.1. The summed E-state index contributed by atoms with van der Waals surface area (Å²) in [5.74, 6) is 0.452. The van der Waals surface area contributed by atoms with Crippen molar-refractivity contribution in [3.8, 4) is 0 Å². The van der Waals surface area contributed by atoms with Gasteiger partial charge in [-0.25, -0.2) is 0 Å². The summed E-state index contributed by atoms with van der Waals surface area (Å²) >= 11 is 4.86. The van der Waals surface area contributed by atoms with E-state index in [1.54, 1.807) is 7.11 Å². The van der Waals surface area contributed by atoms with Crippen LogP contribution in [0.2, 0.25) is 0 Å². The molecule has 0 saturated heterocycles. The molecule has 0 spiro atoms. The molecule has 0 aliphatic heterocycles. The number of hydrogen-bond donors (Lipinski definition) is 2. The molecule has 5 nitrogen and oxygen atoms in total. The summed E-state index contributed by atoms with van der Waals surface area (Å²) in [6.07, 6.45) is 0.617. The first-order valence-corrected chi connectivity index (χ1v) is 7.06. The smallest absolute Gasteiger partial charge is 0.234 e. The number of carbonyl (C=O) groups excluding carboxylic acids is 1. The van der Waals surface area contributed by atoms with Crippen LogP contribution in [0.5, 0.6) is 0 Å². The van der Waals surface area contributed by atoms with Crippen LogP contribution in [0.3, 0.4) is 0 Å². The highest BCUT2D eigenvalue weighted by Gasteiger charge is 2.14. The lowest BCUT2D eigenvalue weighted by atomic mass is 10.1. The van der Waals surface area contributed by atoms with Crippen molar-refractivity contribution < 1.29 is 9.53 Å². The minimum absolute atomic E-state index is 0.0280. The van der Waals surface area contributed by atoms with E-state index < -0.39 is 0 Å². The molecule has 1 amide bonds. The van der Waals surface area contributed by atoms with E-state index in [4.69, 9.17) is 22.7 Å². The largest absolute Gasteiger partial charge is 0.393 e. The summed E-state index contributed by atoms with van der Waals surface area (Å²) in [4.78, 5) is 14.4. The number of rotatable bonds is 10. The molecule has 0 fully saturated rings. The van der Waals surface area contributed by atoms with E-state index in [2.05, 4.69) is 19.2 Å². The first-order valence-electron chi connectivity index (χ1n) is 6.65. The van der Waals surface area contributed by atoms with Crippen LogP contribution in [0.1, 0.15) is 27.2 Å². The van der Waals surface area contributed by atoms with Crippen molar-refractivity contribution in [1.29, 1.82) is 0 Å². The van der Waals surface area contributed by atoms with Crippen LogP contribution >= 0.6 is 12.2 Å². The Bertz CT molecular complexity index is 285. The maximum atomic E-state index is 11.9. The summed E-state index contributed by atoms with van der Waals surface area (Å²) in [5.41, 5.74) is 5.49. The van der Waals surface area contributed by atoms with Crippen LogP contribution in [0.4, 0.5) is 0 Å². The summed E-state index contributed by atoms with van der Waals surface area (Å²) in [7, 11) is 1.65. The fourth-order valence-corrected chi connectivity index (χ4v) is 1.52. The molecule has 0 aromatic rings. The van der Waals surface area contributed by atoms with Gasteiger partial charge >= 0.3 is 0 Å². The van der Waals surface area contributed by atoms with E-state index in [1.807, 2.05) is 11.8 Å². The predicted octanol–water partition coefficient (Wildman–Crippen LogP) is 0.772. The SMILES string of the molecule is COCCN(CCC(N)=S)CC(=O)NC(C)C(C)C. The number of nitrogens with zero attached hydrogens (tertiary/aromatic N) is 1. The Kier molecular flexibility index (Phi) is 9.73. The second-order valence-corrected chi connectivity index (χ2v) is 5.61. The molecule has 0 bridgehead atoms. The van der Waals surface area contributed by atoms with Crippen molar-refractivity contribution in [2.45, 2.75) is 33.2 Å². The summed E-state index contributed by atoms with van der Waals surface area (Å²) in [5, 5.41) is 2.99. The molecule has 0 saturated carbocycles. The van der Waals surface area contributed by atoms with Gasteiger partial charge < -0.3 is 15.8 Å². The molecular formula is C13H27N3O2S. The number of thiocarbonyl (C=S) groups is 1. The zero-order chi connectivity index (χ0) is 14.8. The molecule has 3 N–H and O–H groups in total. The van der Waals surface area contributed by atoms with Gasteiger partial charge in [-0.2, -0.15) is 0 Å². The number of ether oxygens (including phenoxy) is 1. The fourth-order valence-electron chi connectivity index (χ4n) is 1.43. The van der Waals surface area contributed by atoms with Crippen LogP contribution in [0, 0.1) is 5.92 Å². The third kappa shape index (κ3) is 9.81. The van der Waals surface area contributed by atoms with Crippen molar-refractivity contribution in [1.82, 2.24) is 10.2 Å². The van der Waals surface area contributed by atoms with E-state index in [9.17, 15) is 4.79 Å². The van der Waals surface area contributed by atoms with Gasteiger partial charge in [-0.3, -0.25) is 9.69 Å². The van der Waals surface area contributed by atoms with Gasteiger partial charge in [0.25, 0.3) is 0 Å². The Hall–Kier alpha value is -0.720. The molecule has 112 valence electrons. The van der Waals surface area contributed by atoms with E-state index in [1.165, 1.54) is 0 Å². The lowest BCUT2D eigenvalue weighted by Gasteiger charge is -2.23. The summed E-state index contributed by atoms with van der Waals surface area (Å²) < 4.78 is 5.04. The summed E-state index contributed by atoms with van der Waals surface area (Å²) in [6, 6.07) is 0.173. The molecule has 19 heavy (non-hydrogen) atoms. The third-order valence-corrected chi connectivity index (χ3v) is 3.25. The average molecular weight is 289 g/mol. The van der Waals surface area contributed by atoms with E-state index in [0.29, 0.717) is 43.6 Å². The number of methoxy groups -OCH3 is 1. The Morgan fingerprint density at radius 3 is 2.47 bits per heavy atom. The molecular weight excluding hydrogens is 262 g/mol. The number of hydrogen-bond acceptors (Lipinski definition) is 4. The van der Waals surface area contributed by atoms with Crippen molar-refractivity contribution >= 4 is 23.1 Å². The molecule has 6 heteroatoms. The Labute approximate surface area is 121 Å². The standard InChI is InChI=1S/C13H27N3O2S/c1-10(2)11(3)15-13(17)9-16(7-8-18-4)6-5-12(14)19/h10-11H,5-9H2,1-4H3,(H2,14,19)(H,15,17). The molecule has 0 aliphatic carbocycles. The highest BCUT2D eigenvalue weighted by atomic mass is 32.1. The fraction of sp³-hybridized carbons (Fsp3) is 0.846. The van der Waals surface area contributed by atoms with Crippen LogP contribution in [-0.4, -0.2) is 55.2 Å². The zero-order valence-electron chi connectivity index (χ0n) is 12.4. The third-order valence-electron chi connectivity index (χ3n) is 3.04. The highest BCUT2D eigenvalue weighted by Crippen LogP contribution is 2.00. The van der Waals surface area contributed by atoms with Gasteiger partial charge in [-0.1, -0.05) is 26.1 Å². The second-order valence-electron chi connectivity index (χ2n) is 5.09. The van der Waals surface area contributed by atoms with Crippen LogP contribution in [0.25, 0.3) is 0 Å². The van der Waals surface area contributed by atoms with Crippen LogP contribution in [0.15, 0.2) is 0 Å². The van der Waals surface area contributed by atoms with E-state index >= 15 is 0 Å². The lowest BCUT2D eigenvalue weighted by Crippen LogP contribution is -2.44. The maximum absolute atomic E-state index is 11.9. The molecule has 0 radical (unpaired) electrons. The minimum Gasteiger partial charge on any atom is -0.393 e. The average Bonchev–Trinajstić information content (AvgIpc) is 2.32. The van der Waals surface area contributed by atoms with Gasteiger partial charge in [-0.05, 0) is 12.8 Å². The Morgan fingerprint density at radius 1 is 1.37 bits per heavy atom. The predicted molar refractivity (Wildman–Crippen MR) is 82.2 cm³/mol. The Balaban J connectivity index is 4.20. The highest BCUT2D eigenvalue weighted by molar-refractivity contribution is 7.80. The van der Waals surface area contributed by atoms with Crippen LogP contribution in [-0.2, 0) is 9.53 Å². The van der Waals surface area contributed by atoms with Gasteiger partial charge in [0.2, 0.25) is 5.91 Å². The van der Waals surface area contributed by atoms with Gasteiger partial charge in [0.15, 0.2) is 0 Å². The van der Waals surface area contributed by atoms with Gasteiger partial charge in [0.1, 0.15) is 0 Å². The Morgan fingerprint density at radius 2 is 2.00 bits per heavy atom. The number of nitrogens with two attached hydrogens (primary N) is 1. The van der Waals surface area contributed by atoms with Crippen molar-refractivity contribution in [3.63, 3.8) is 0 Å². The lowest BCUT2D eigenvalue weighted by molar-refractivity contribution is -0.123. The number of carbonyl (C=O) groups is 1. The van der Waals surface area contributed by atoms with Gasteiger partial charge in [0, 0.05) is 32.7 Å². The first kappa shape index (κ1) is 18.3. The van der Waals surface area contributed by atoms with E-state index in [-0.39, 0.29) is 11.9 Å². The number of nitrogens with one attached hydrogen (secondary N) is 1. The van der Waals surface area contributed by atoms with Gasteiger partial charge in [0.05, 0.1) is 18.1 Å². The molecule has 1 unspecified atom stereocenters. The monoisotopic (exact) mass is 289 g/mol. The quantitative estimate of drug-likeness (QED) is 0.582. The molecule has 0 aliphatic rings. The number of amides is 1. The zero-order valence-corrected chi connectivity index (χ0v) is 13.3. The molecule has 0 aromatic heterocycles. The minimum atomic E-state index is 0.0280. The molecule has 0 rings (SSSR count). The first-order chi connectivity index (χ1) is 8.86. The van der Waals surface area contributed by atoms with Crippen molar-refractivity contribution in [2.24, 2.45) is 11.7 Å². The molecule has 0 heterocycles. The van der Waals surface area contributed by atoms with Crippen LogP contribution < -0.4 is 11.1 Å². The normalized spacial score (nSPS) is 12.7. The topological polar surface area (TPSA) is 67.6 Å². The summed E-state index contributed by atoms with van der Waals surface area (Å²) in [6.45, 7) is 8.50. The van der Waals surface area contributed by atoms with Gasteiger partial charge in [-0.15, -0.1) is 0 Å². The van der Waals surface area contributed by atoms with E-state index in [0.717, 1.165) is 0 Å². The molecule has 1 atom stereocenters. The maximum Gasteiger partial charge on any atom is 0.234 e.